The molecule has 0 unspecified atom stereocenters. The van der Waals surface area contributed by atoms with Crippen LogP contribution >= 0.6 is 23.2 Å². The van der Waals surface area contributed by atoms with E-state index in [1.807, 2.05) is 31.2 Å². The number of hydrogen-bond acceptors (Lipinski definition) is 2. The number of anilines is 1. The van der Waals surface area contributed by atoms with E-state index >= 15 is 0 Å². The zero-order valence-electron chi connectivity index (χ0n) is 11.2. The Kier molecular flexibility index (Phi) is 5.20. The Hall–Kier alpha value is -2.04. The summed E-state index contributed by atoms with van der Waals surface area (Å²) < 4.78 is 0. The Morgan fingerprint density at radius 3 is 2.67 bits per heavy atom. The number of hydrazone groups is 1. The zero-order chi connectivity index (χ0) is 15.2. The molecule has 0 atom stereocenters. The highest BCUT2D eigenvalue weighted by atomic mass is 35.5. The second-order valence-corrected chi connectivity index (χ2v) is 5.15. The fraction of sp³-hybridized carbons (Fsp3) is 0.0667. The predicted molar refractivity (Wildman–Crippen MR) is 87.4 cm³/mol. The van der Waals surface area contributed by atoms with E-state index in [-0.39, 0.29) is 0 Å². The van der Waals surface area contributed by atoms with E-state index in [9.17, 15) is 4.79 Å². The normalized spacial score (nSPS) is 10.6. The third-order valence-corrected chi connectivity index (χ3v) is 3.29. The molecule has 0 aliphatic heterocycles. The molecule has 2 aromatic carbocycles. The van der Waals surface area contributed by atoms with Gasteiger partial charge in [0.2, 0.25) is 0 Å². The number of nitrogens with zero attached hydrogens (tertiary/aromatic N) is 1. The molecule has 4 nitrogen and oxygen atoms in total. The molecule has 0 radical (unpaired) electrons. The van der Waals surface area contributed by atoms with Gasteiger partial charge in [-0.05, 0) is 30.7 Å². The first-order valence-corrected chi connectivity index (χ1v) is 6.92. The molecule has 2 aromatic rings. The lowest BCUT2D eigenvalue weighted by Crippen LogP contribution is -2.24. The molecule has 0 heterocycles. The van der Waals surface area contributed by atoms with Crippen molar-refractivity contribution in [3.05, 3.63) is 63.6 Å². The van der Waals surface area contributed by atoms with Gasteiger partial charge in [0.1, 0.15) is 0 Å². The maximum atomic E-state index is 11.7. The second-order valence-electron chi connectivity index (χ2n) is 4.30. The average molecular weight is 322 g/mol. The summed E-state index contributed by atoms with van der Waals surface area (Å²) in [6.07, 6.45) is 1.45. The SMILES string of the molecule is Cc1ccccc1NC(=O)N/N=C\c1ccc(Cl)cc1Cl. The van der Waals surface area contributed by atoms with Gasteiger partial charge in [-0.15, -0.1) is 0 Å². The van der Waals surface area contributed by atoms with Gasteiger partial charge in [-0.2, -0.15) is 5.10 Å². The number of para-hydroxylation sites is 1. The number of carbonyl (C=O) groups excluding carboxylic acids is 1. The molecule has 0 saturated heterocycles. The molecular formula is C15H13Cl2N3O. The molecule has 2 N–H and O–H groups in total. The standard InChI is InChI=1S/C15H13Cl2N3O/c1-10-4-2-3-5-14(10)19-15(21)20-18-9-11-6-7-12(16)8-13(11)17/h2-9H,1H3,(H2,19,20,21)/b18-9-. The molecule has 0 spiro atoms. The summed E-state index contributed by atoms with van der Waals surface area (Å²) in [4.78, 5) is 11.7. The lowest BCUT2D eigenvalue weighted by Gasteiger charge is -2.06. The Bertz CT molecular complexity index is 686. The third-order valence-electron chi connectivity index (χ3n) is 2.73. The van der Waals surface area contributed by atoms with Crippen molar-refractivity contribution in [2.45, 2.75) is 6.92 Å². The number of halogens is 2. The highest BCUT2D eigenvalue weighted by Crippen LogP contribution is 2.19. The second kappa shape index (κ2) is 7.11. The molecule has 0 aliphatic carbocycles. The molecule has 2 rings (SSSR count). The summed E-state index contributed by atoms with van der Waals surface area (Å²) in [6.45, 7) is 1.91. The zero-order valence-corrected chi connectivity index (χ0v) is 12.7. The van der Waals surface area contributed by atoms with Crippen LogP contribution in [-0.2, 0) is 0 Å². The minimum absolute atomic E-state index is 0.425. The summed E-state index contributed by atoms with van der Waals surface area (Å²) >= 11 is 11.8. The lowest BCUT2D eigenvalue weighted by molar-refractivity contribution is 0.252. The van der Waals surface area contributed by atoms with E-state index in [0.29, 0.717) is 15.6 Å². The van der Waals surface area contributed by atoms with Crippen molar-refractivity contribution in [2.75, 3.05) is 5.32 Å². The van der Waals surface area contributed by atoms with Crippen LogP contribution in [0.5, 0.6) is 0 Å². The minimum Gasteiger partial charge on any atom is -0.306 e. The maximum Gasteiger partial charge on any atom is 0.339 e. The summed E-state index contributed by atoms with van der Waals surface area (Å²) in [5.41, 5.74) is 4.74. The Balaban J connectivity index is 1.95. The van der Waals surface area contributed by atoms with Gasteiger partial charge in [-0.25, -0.2) is 10.2 Å². The van der Waals surface area contributed by atoms with Crippen LogP contribution in [0.1, 0.15) is 11.1 Å². The van der Waals surface area contributed by atoms with E-state index < -0.39 is 6.03 Å². The van der Waals surface area contributed by atoms with Crippen molar-refractivity contribution in [1.82, 2.24) is 5.43 Å². The minimum atomic E-state index is -0.425. The highest BCUT2D eigenvalue weighted by molar-refractivity contribution is 6.36. The van der Waals surface area contributed by atoms with Gasteiger partial charge in [0.15, 0.2) is 0 Å². The topological polar surface area (TPSA) is 53.5 Å². The third kappa shape index (κ3) is 4.48. The van der Waals surface area contributed by atoms with Crippen LogP contribution < -0.4 is 10.7 Å². The number of carbonyl (C=O) groups is 1. The number of rotatable bonds is 3. The number of aryl methyl sites for hydroxylation is 1. The molecule has 0 bridgehead atoms. The van der Waals surface area contributed by atoms with Crippen LogP contribution in [0.3, 0.4) is 0 Å². The molecular weight excluding hydrogens is 309 g/mol. The van der Waals surface area contributed by atoms with Crippen molar-refractivity contribution in [2.24, 2.45) is 5.10 Å². The quantitative estimate of drug-likeness (QED) is 0.636. The van der Waals surface area contributed by atoms with E-state index in [2.05, 4.69) is 15.8 Å². The molecule has 0 aromatic heterocycles. The lowest BCUT2D eigenvalue weighted by atomic mass is 10.2. The van der Waals surface area contributed by atoms with Gasteiger partial charge < -0.3 is 5.32 Å². The van der Waals surface area contributed by atoms with Crippen molar-refractivity contribution in [3.63, 3.8) is 0 Å². The number of benzene rings is 2. The first kappa shape index (κ1) is 15.4. The Labute approximate surface area is 132 Å². The number of hydrogen-bond donors (Lipinski definition) is 2. The summed E-state index contributed by atoms with van der Waals surface area (Å²) in [7, 11) is 0. The smallest absolute Gasteiger partial charge is 0.306 e. The number of nitrogens with one attached hydrogen (secondary N) is 2. The van der Waals surface area contributed by atoms with E-state index in [1.54, 1.807) is 18.2 Å². The van der Waals surface area contributed by atoms with Gasteiger partial charge in [0.25, 0.3) is 0 Å². The highest BCUT2D eigenvalue weighted by Gasteiger charge is 2.02. The van der Waals surface area contributed by atoms with Crippen molar-refractivity contribution < 1.29 is 4.79 Å². The Morgan fingerprint density at radius 2 is 1.95 bits per heavy atom. The fourth-order valence-corrected chi connectivity index (χ4v) is 2.09. The monoisotopic (exact) mass is 321 g/mol. The molecule has 0 fully saturated rings. The summed E-state index contributed by atoms with van der Waals surface area (Å²) in [5.74, 6) is 0. The van der Waals surface area contributed by atoms with E-state index in [4.69, 9.17) is 23.2 Å². The first-order chi connectivity index (χ1) is 10.1. The number of amides is 2. The maximum absolute atomic E-state index is 11.7. The van der Waals surface area contributed by atoms with Crippen LogP contribution in [-0.4, -0.2) is 12.2 Å². The van der Waals surface area contributed by atoms with Crippen LogP contribution in [0.2, 0.25) is 10.0 Å². The van der Waals surface area contributed by atoms with Gasteiger partial charge in [0, 0.05) is 16.3 Å². The van der Waals surface area contributed by atoms with Crippen molar-refractivity contribution in [3.8, 4) is 0 Å². The molecule has 0 aliphatic rings. The Morgan fingerprint density at radius 1 is 1.19 bits per heavy atom. The molecule has 0 saturated carbocycles. The molecule has 108 valence electrons. The van der Waals surface area contributed by atoms with Crippen LogP contribution in [0, 0.1) is 6.92 Å². The van der Waals surface area contributed by atoms with Gasteiger partial charge in [0.05, 0.1) is 11.2 Å². The average Bonchev–Trinajstić information content (AvgIpc) is 2.44. The van der Waals surface area contributed by atoms with Crippen LogP contribution in [0.4, 0.5) is 10.5 Å². The molecule has 2 amide bonds. The van der Waals surface area contributed by atoms with Gasteiger partial charge >= 0.3 is 6.03 Å². The van der Waals surface area contributed by atoms with E-state index in [0.717, 1.165) is 11.3 Å². The van der Waals surface area contributed by atoms with Gasteiger partial charge in [-0.1, -0.05) is 47.5 Å². The van der Waals surface area contributed by atoms with Gasteiger partial charge in [-0.3, -0.25) is 0 Å². The number of urea groups is 1. The fourth-order valence-electron chi connectivity index (χ4n) is 1.63. The first-order valence-electron chi connectivity index (χ1n) is 6.17. The van der Waals surface area contributed by atoms with Crippen LogP contribution in [0.15, 0.2) is 47.6 Å². The van der Waals surface area contributed by atoms with Crippen molar-refractivity contribution in [1.29, 1.82) is 0 Å². The van der Waals surface area contributed by atoms with Crippen LogP contribution in [0.25, 0.3) is 0 Å². The summed E-state index contributed by atoms with van der Waals surface area (Å²) in [5, 5.41) is 7.55. The molecule has 6 heteroatoms. The molecule has 21 heavy (non-hydrogen) atoms. The van der Waals surface area contributed by atoms with E-state index in [1.165, 1.54) is 6.21 Å². The largest absolute Gasteiger partial charge is 0.339 e. The summed E-state index contributed by atoms with van der Waals surface area (Å²) in [6, 6.07) is 12.1. The van der Waals surface area contributed by atoms with Crippen molar-refractivity contribution >= 4 is 41.1 Å². The predicted octanol–water partition coefficient (Wildman–Crippen LogP) is 4.46.